The molecular weight excluding hydrogens is 436 g/mol. The molecule has 0 bridgehead atoms. The third-order valence-corrected chi connectivity index (χ3v) is 7.31. The summed E-state index contributed by atoms with van der Waals surface area (Å²) in [6.45, 7) is 11.1. The zero-order chi connectivity index (χ0) is 25.0. The van der Waals surface area contributed by atoms with Gasteiger partial charge >= 0.3 is 0 Å². The van der Waals surface area contributed by atoms with Crippen molar-refractivity contribution in [3.05, 3.63) is 108 Å². The van der Waals surface area contributed by atoms with Crippen molar-refractivity contribution in [1.82, 2.24) is 10.2 Å². The van der Waals surface area contributed by atoms with Crippen LogP contribution in [0, 0.1) is 13.8 Å². The summed E-state index contributed by atoms with van der Waals surface area (Å²) in [5, 5.41) is 17.1. The first kappa shape index (κ1) is 22.4. The van der Waals surface area contributed by atoms with E-state index in [9.17, 15) is 0 Å². The molecule has 0 aliphatic rings. The highest BCUT2D eigenvalue weighted by molar-refractivity contribution is 6.09. The van der Waals surface area contributed by atoms with E-state index in [0.717, 1.165) is 27.7 Å². The molecule has 0 saturated heterocycles. The lowest BCUT2D eigenvalue weighted by atomic mass is 9.82. The molecule has 1 heterocycles. The predicted molar refractivity (Wildman–Crippen MR) is 154 cm³/mol. The average molecular weight is 467 g/mol. The molecule has 0 fully saturated rings. The molecule has 0 atom stereocenters. The molecule has 6 rings (SSSR count). The summed E-state index contributed by atoms with van der Waals surface area (Å²) in [7, 11) is 0. The van der Waals surface area contributed by atoms with E-state index in [1.54, 1.807) is 0 Å². The van der Waals surface area contributed by atoms with Crippen molar-refractivity contribution >= 4 is 32.3 Å². The van der Waals surface area contributed by atoms with Gasteiger partial charge in [-0.25, -0.2) is 0 Å². The van der Waals surface area contributed by atoms with Gasteiger partial charge in [0.2, 0.25) is 0 Å². The third-order valence-electron chi connectivity index (χ3n) is 7.31. The summed E-state index contributed by atoms with van der Waals surface area (Å²) in [4.78, 5) is 0. The molecule has 0 aliphatic carbocycles. The molecule has 0 spiro atoms. The molecule has 36 heavy (non-hydrogen) atoms. The highest BCUT2D eigenvalue weighted by atomic mass is 15.1. The highest BCUT2D eigenvalue weighted by Crippen LogP contribution is 2.40. The lowest BCUT2D eigenvalue weighted by Crippen LogP contribution is -2.12. The van der Waals surface area contributed by atoms with Crippen LogP contribution in [0.4, 0.5) is 0 Å². The second-order valence-corrected chi connectivity index (χ2v) is 10.9. The first-order chi connectivity index (χ1) is 17.3. The fourth-order valence-corrected chi connectivity index (χ4v) is 5.49. The van der Waals surface area contributed by atoms with E-state index >= 15 is 0 Å². The van der Waals surface area contributed by atoms with Gasteiger partial charge in [-0.2, -0.15) is 0 Å². The van der Waals surface area contributed by atoms with E-state index in [1.807, 2.05) is 0 Å². The normalized spacial score (nSPS) is 12.0. The number of rotatable bonds is 2. The van der Waals surface area contributed by atoms with Crippen LogP contribution in [0.2, 0.25) is 0 Å². The number of fused-ring (bicyclic) bond motifs is 3. The fraction of sp³-hybridized carbons (Fsp3) is 0.176. The van der Waals surface area contributed by atoms with Crippen molar-refractivity contribution in [2.45, 2.75) is 40.0 Å². The SMILES string of the molecule is Cc1cccc(C)c1-c1nnc(-c2cc(C(C)(C)C)c3ccccc3c2)c2cc3ccccc3cc12. The van der Waals surface area contributed by atoms with Gasteiger partial charge in [0, 0.05) is 21.9 Å². The Bertz CT molecular complexity index is 1770. The van der Waals surface area contributed by atoms with Crippen molar-refractivity contribution in [1.29, 1.82) is 0 Å². The molecule has 0 aliphatic heterocycles. The molecule has 176 valence electrons. The molecule has 0 unspecified atom stereocenters. The number of hydrogen-bond acceptors (Lipinski definition) is 2. The minimum Gasteiger partial charge on any atom is -0.149 e. The quantitative estimate of drug-likeness (QED) is 0.238. The molecule has 6 aromatic rings. The Morgan fingerprint density at radius 1 is 0.528 bits per heavy atom. The lowest BCUT2D eigenvalue weighted by Gasteiger charge is -2.23. The number of hydrogen-bond donors (Lipinski definition) is 0. The van der Waals surface area contributed by atoms with Crippen LogP contribution in [0.5, 0.6) is 0 Å². The Morgan fingerprint density at radius 3 is 1.72 bits per heavy atom. The zero-order valence-corrected chi connectivity index (χ0v) is 21.6. The molecule has 0 saturated carbocycles. The van der Waals surface area contributed by atoms with Crippen LogP contribution in [0.3, 0.4) is 0 Å². The number of aromatic nitrogens is 2. The Morgan fingerprint density at radius 2 is 1.08 bits per heavy atom. The smallest absolute Gasteiger partial charge is 0.101 e. The van der Waals surface area contributed by atoms with Crippen LogP contribution in [-0.4, -0.2) is 10.2 Å². The second-order valence-electron chi connectivity index (χ2n) is 10.9. The Kier molecular flexibility index (Phi) is 5.15. The van der Waals surface area contributed by atoms with E-state index in [1.165, 1.54) is 43.8 Å². The number of aryl methyl sites for hydroxylation is 2. The van der Waals surface area contributed by atoms with E-state index < -0.39 is 0 Å². The van der Waals surface area contributed by atoms with Gasteiger partial charge in [0.25, 0.3) is 0 Å². The average Bonchev–Trinajstić information content (AvgIpc) is 2.86. The highest BCUT2D eigenvalue weighted by Gasteiger charge is 2.21. The van der Waals surface area contributed by atoms with Crippen LogP contribution in [-0.2, 0) is 5.41 Å². The summed E-state index contributed by atoms with van der Waals surface area (Å²) in [5.41, 5.74) is 7.92. The zero-order valence-electron chi connectivity index (χ0n) is 21.6. The van der Waals surface area contributed by atoms with Crippen molar-refractivity contribution in [3.63, 3.8) is 0 Å². The maximum atomic E-state index is 4.92. The largest absolute Gasteiger partial charge is 0.149 e. The van der Waals surface area contributed by atoms with Gasteiger partial charge in [0.1, 0.15) is 11.4 Å². The van der Waals surface area contributed by atoms with Gasteiger partial charge in [-0.05, 0) is 81.8 Å². The summed E-state index contributed by atoms with van der Waals surface area (Å²) in [6.07, 6.45) is 0. The monoisotopic (exact) mass is 466 g/mol. The molecule has 0 radical (unpaired) electrons. The predicted octanol–water partition coefficient (Wildman–Crippen LogP) is 9.18. The van der Waals surface area contributed by atoms with Gasteiger partial charge < -0.3 is 0 Å². The second kappa shape index (κ2) is 8.27. The number of nitrogens with zero attached hydrogens (tertiary/aromatic N) is 2. The van der Waals surface area contributed by atoms with Gasteiger partial charge in [-0.3, -0.25) is 0 Å². The topological polar surface area (TPSA) is 25.8 Å². The van der Waals surface area contributed by atoms with Gasteiger partial charge in [-0.15, -0.1) is 10.2 Å². The molecule has 0 N–H and O–H groups in total. The summed E-state index contributed by atoms with van der Waals surface area (Å²) < 4.78 is 0. The molecule has 2 nitrogen and oxygen atoms in total. The molecule has 2 heteroatoms. The van der Waals surface area contributed by atoms with Crippen LogP contribution < -0.4 is 0 Å². The number of benzene rings is 5. The van der Waals surface area contributed by atoms with E-state index in [4.69, 9.17) is 10.2 Å². The fourth-order valence-electron chi connectivity index (χ4n) is 5.49. The van der Waals surface area contributed by atoms with Crippen LogP contribution in [0.25, 0.3) is 54.8 Å². The standard InChI is InChI=1S/C34H30N2/c1-21-11-10-12-22(2)31(21)33-29-19-24-14-7-6-13-23(24)18-28(29)32(35-36-33)26-17-25-15-8-9-16-27(25)30(20-26)34(3,4)5/h6-20H,1-5H3. The molecule has 0 amide bonds. The lowest BCUT2D eigenvalue weighted by molar-refractivity contribution is 0.596. The van der Waals surface area contributed by atoms with E-state index in [2.05, 4.69) is 126 Å². The maximum Gasteiger partial charge on any atom is 0.101 e. The molecule has 5 aromatic carbocycles. The maximum absolute atomic E-state index is 4.92. The van der Waals surface area contributed by atoms with Gasteiger partial charge in [-0.1, -0.05) is 87.5 Å². The molecule has 1 aromatic heterocycles. The van der Waals surface area contributed by atoms with Crippen LogP contribution in [0.1, 0.15) is 37.5 Å². The van der Waals surface area contributed by atoms with E-state index in [0.29, 0.717) is 0 Å². The summed E-state index contributed by atoms with van der Waals surface area (Å²) in [6, 6.07) is 32.8. The van der Waals surface area contributed by atoms with Crippen molar-refractivity contribution in [2.75, 3.05) is 0 Å². The first-order valence-electron chi connectivity index (χ1n) is 12.6. The summed E-state index contributed by atoms with van der Waals surface area (Å²) >= 11 is 0. The summed E-state index contributed by atoms with van der Waals surface area (Å²) in [5.74, 6) is 0. The Labute approximate surface area is 212 Å². The van der Waals surface area contributed by atoms with Crippen LogP contribution in [0.15, 0.2) is 91.0 Å². The van der Waals surface area contributed by atoms with Crippen molar-refractivity contribution < 1.29 is 0 Å². The van der Waals surface area contributed by atoms with Crippen molar-refractivity contribution in [3.8, 4) is 22.5 Å². The Balaban J connectivity index is 1.73. The molecular formula is C34H30N2. The van der Waals surface area contributed by atoms with Gasteiger partial charge in [0.05, 0.1) is 0 Å². The Hall–Kier alpha value is -4.04. The first-order valence-corrected chi connectivity index (χ1v) is 12.6. The minimum atomic E-state index is 0.00372. The third kappa shape index (κ3) is 3.65. The van der Waals surface area contributed by atoms with Gasteiger partial charge in [0.15, 0.2) is 0 Å². The van der Waals surface area contributed by atoms with Crippen molar-refractivity contribution in [2.24, 2.45) is 0 Å². The minimum absolute atomic E-state index is 0.00372. The van der Waals surface area contributed by atoms with Crippen LogP contribution >= 0.6 is 0 Å². The van der Waals surface area contributed by atoms with E-state index in [-0.39, 0.29) is 5.41 Å².